The summed E-state index contributed by atoms with van der Waals surface area (Å²) < 4.78 is 49.7. The summed E-state index contributed by atoms with van der Waals surface area (Å²) >= 11 is 7.80. The maximum Gasteiger partial charge on any atom is 0.406 e. The van der Waals surface area contributed by atoms with Gasteiger partial charge < -0.3 is 34.5 Å². The SMILES string of the molecule is CC(=O)N1CCOC2(CCN(C)CC2)C1.CP(C)c1ccc(NCC#Cc2cc3c(NC4CCN(CC=O)CC4)cccc3n2CC(F)(F)F)cc1.Cc1sc2c(c1C)C(c1ccc(Cl)cc1)=NCc1nnc(C)n1-2. The number of hydrogen-bond acceptors (Lipinski definition) is 11. The molecule has 7 heterocycles. The number of aliphatic imine (C=N–C) groups is 1. The summed E-state index contributed by atoms with van der Waals surface area (Å²) in [5, 5.41) is 19.2. The van der Waals surface area contributed by atoms with Crippen LogP contribution >= 0.6 is 30.9 Å². The van der Waals surface area contributed by atoms with Gasteiger partial charge in [-0.3, -0.25) is 19.3 Å². The van der Waals surface area contributed by atoms with E-state index in [4.69, 9.17) is 21.3 Å². The molecular weight excluding hydrogens is 1020 g/mol. The Kier molecular flexibility index (Phi) is 18.2. The summed E-state index contributed by atoms with van der Waals surface area (Å²) in [7, 11) is 1.97. The Morgan fingerprint density at radius 1 is 0.987 bits per heavy atom. The quantitative estimate of drug-likeness (QED) is 0.0828. The Morgan fingerprint density at radius 3 is 2.37 bits per heavy atom. The van der Waals surface area contributed by atoms with Crippen molar-refractivity contribution in [2.75, 3.05) is 90.0 Å². The summed E-state index contributed by atoms with van der Waals surface area (Å²) in [5.41, 5.74) is 7.05. The second-order valence-corrected chi connectivity index (χ2v) is 23.8. The first-order valence-electron chi connectivity index (χ1n) is 25.4. The van der Waals surface area contributed by atoms with Crippen LogP contribution in [0, 0.1) is 32.6 Å². The number of benzene rings is 3. The van der Waals surface area contributed by atoms with Gasteiger partial charge in [0.2, 0.25) is 5.91 Å². The maximum atomic E-state index is 13.5. The van der Waals surface area contributed by atoms with Crippen LogP contribution in [0.2, 0.25) is 5.02 Å². The third-order valence-corrected chi connectivity index (χ3v) is 17.1. The first-order valence-corrected chi connectivity index (χ1v) is 28.9. The molecule has 398 valence electrons. The second-order valence-electron chi connectivity index (χ2n) is 19.9. The van der Waals surface area contributed by atoms with E-state index in [-0.39, 0.29) is 25.5 Å². The number of nitrogens with zero attached hydrogens (tertiary/aromatic N) is 8. The molecule has 1 amide bonds. The maximum absolute atomic E-state index is 13.5. The number of alkyl halides is 3. The van der Waals surface area contributed by atoms with Gasteiger partial charge in [-0.25, -0.2) is 0 Å². The van der Waals surface area contributed by atoms with Crippen molar-refractivity contribution in [3.63, 3.8) is 0 Å². The highest BCUT2D eigenvalue weighted by Crippen LogP contribution is 2.37. The highest BCUT2D eigenvalue weighted by molar-refractivity contribution is 7.64. The molecule has 10 rings (SSSR count). The van der Waals surface area contributed by atoms with Crippen LogP contribution in [-0.2, 0) is 27.4 Å². The minimum atomic E-state index is -4.37. The molecule has 19 heteroatoms. The number of halogens is 4. The molecule has 2 N–H and O–H groups in total. The van der Waals surface area contributed by atoms with E-state index < -0.39 is 12.7 Å². The van der Waals surface area contributed by atoms with Crippen LogP contribution in [0.5, 0.6) is 0 Å². The topological polar surface area (TPSA) is 125 Å². The summed E-state index contributed by atoms with van der Waals surface area (Å²) in [6, 6.07) is 23.4. The smallest absolute Gasteiger partial charge is 0.382 e. The highest BCUT2D eigenvalue weighted by atomic mass is 35.5. The average Bonchev–Trinajstić information content (AvgIpc) is 4.00. The lowest BCUT2D eigenvalue weighted by atomic mass is 9.89. The first kappa shape index (κ1) is 55.6. The monoisotopic (exact) mass is 1080 g/mol. The predicted octanol–water partition coefficient (Wildman–Crippen LogP) is 9.70. The fourth-order valence-corrected chi connectivity index (χ4v) is 12.0. The van der Waals surface area contributed by atoms with E-state index in [2.05, 4.69) is 93.4 Å². The Morgan fingerprint density at radius 2 is 1.71 bits per heavy atom. The number of nitrogens with one attached hydrogen (secondary N) is 2. The molecule has 1 spiro atoms. The van der Waals surface area contributed by atoms with Gasteiger partial charge >= 0.3 is 6.18 Å². The van der Waals surface area contributed by atoms with Gasteiger partial charge in [0.1, 0.15) is 30.2 Å². The van der Waals surface area contributed by atoms with Crippen LogP contribution in [0.3, 0.4) is 0 Å². The first-order chi connectivity index (χ1) is 35.9. The molecule has 3 aromatic heterocycles. The number of aromatic nitrogens is 4. The van der Waals surface area contributed by atoms with Crippen molar-refractivity contribution < 1.29 is 27.5 Å². The van der Waals surface area contributed by atoms with Crippen molar-refractivity contribution in [1.82, 2.24) is 34.0 Å². The van der Waals surface area contributed by atoms with Crippen molar-refractivity contribution in [3.05, 3.63) is 117 Å². The van der Waals surface area contributed by atoms with Gasteiger partial charge in [-0.05, 0) is 126 Å². The van der Waals surface area contributed by atoms with Gasteiger partial charge in [0.05, 0.1) is 42.2 Å². The predicted molar refractivity (Wildman–Crippen MR) is 299 cm³/mol. The second kappa shape index (κ2) is 24.6. The van der Waals surface area contributed by atoms with Crippen LogP contribution in [-0.4, -0.2) is 149 Å². The third-order valence-electron chi connectivity index (χ3n) is 14.3. The largest absolute Gasteiger partial charge is 0.406 e. The van der Waals surface area contributed by atoms with Gasteiger partial charge in [-0.15, -0.1) is 21.5 Å². The zero-order chi connectivity index (χ0) is 53.4. The van der Waals surface area contributed by atoms with Crippen LogP contribution in [0.25, 0.3) is 15.9 Å². The lowest BCUT2D eigenvalue weighted by molar-refractivity contribution is -0.157. The molecule has 0 unspecified atom stereocenters. The Bertz CT molecular complexity index is 3040. The van der Waals surface area contributed by atoms with Crippen molar-refractivity contribution in [3.8, 4) is 16.8 Å². The summed E-state index contributed by atoms with van der Waals surface area (Å²) in [6.45, 7) is 18.5. The van der Waals surface area contributed by atoms with Gasteiger partial charge in [-0.2, -0.15) is 13.2 Å². The number of anilines is 2. The minimum Gasteiger partial charge on any atom is -0.382 e. The number of thiophene rings is 1. The van der Waals surface area contributed by atoms with Crippen LogP contribution < -0.4 is 15.9 Å². The number of amides is 1. The number of hydrogen-bond donors (Lipinski definition) is 2. The highest BCUT2D eigenvalue weighted by Gasteiger charge is 2.40. The van der Waals surface area contributed by atoms with Crippen LogP contribution in [0.1, 0.15) is 71.5 Å². The number of likely N-dealkylation sites (tertiary alicyclic amines) is 2. The van der Waals surface area contributed by atoms with Gasteiger partial charge in [0.25, 0.3) is 0 Å². The molecule has 0 saturated carbocycles. The molecular formula is C56H67ClF3N10O3PS. The fourth-order valence-electron chi connectivity index (χ4n) is 9.94. The molecule has 4 aliphatic heterocycles. The Hall–Kier alpha value is -5.60. The molecule has 3 saturated heterocycles. The minimum absolute atomic E-state index is 0.0452. The molecule has 3 aromatic carbocycles. The molecule has 0 radical (unpaired) electrons. The average molecular weight is 1080 g/mol. The number of carbonyl (C=O) groups excluding carboxylic acids is 2. The zero-order valence-electron chi connectivity index (χ0n) is 43.9. The van der Waals surface area contributed by atoms with Gasteiger partial charge in [0.15, 0.2) is 5.82 Å². The van der Waals surface area contributed by atoms with Gasteiger partial charge in [-0.1, -0.05) is 55.8 Å². The normalized spacial score (nSPS) is 16.9. The molecule has 6 aromatic rings. The Labute approximate surface area is 448 Å². The molecule has 13 nitrogen and oxygen atoms in total. The lowest BCUT2D eigenvalue weighted by Gasteiger charge is -2.46. The molecule has 4 aliphatic rings. The van der Waals surface area contributed by atoms with Crippen molar-refractivity contribution in [1.29, 1.82) is 0 Å². The van der Waals surface area contributed by atoms with E-state index >= 15 is 0 Å². The number of rotatable bonds is 9. The number of aldehydes is 1. The van der Waals surface area contributed by atoms with Crippen molar-refractivity contribution >= 4 is 76.3 Å². The number of morpholine rings is 1. The van der Waals surface area contributed by atoms with Gasteiger partial charge in [0, 0.05) is 90.0 Å². The van der Waals surface area contributed by atoms with Crippen LogP contribution in [0.4, 0.5) is 24.5 Å². The summed E-state index contributed by atoms with van der Waals surface area (Å²) in [4.78, 5) is 34.6. The van der Waals surface area contributed by atoms with E-state index in [9.17, 15) is 22.8 Å². The fraction of sp³-hybridized carbons (Fsp3) is 0.446. The molecule has 0 bridgehead atoms. The van der Waals surface area contributed by atoms with E-state index in [1.165, 1.54) is 25.9 Å². The number of carbonyl (C=O) groups is 2. The lowest BCUT2D eigenvalue weighted by Crippen LogP contribution is -2.57. The molecule has 75 heavy (non-hydrogen) atoms. The third kappa shape index (κ3) is 13.9. The zero-order valence-corrected chi connectivity index (χ0v) is 46.3. The van der Waals surface area contributed by atoms with Crippen LogP contribution in [0.15, 0.2) is 77.8 Å². The number of ether oxygens (including phenoxy) is 1. The number of fused-ring (bicyclic) bond motifs is 4. The van der Waals surface area contributed by atoms with E-state index in [1.807, 2.05) is 54.3 Å². The van der Waals surface area contributed by atoms with E-state index in [0.717, 1.165) is 121 Å². The summed E-state index contributed by atoms with van der Waals surface area (Å²) in [6.07, 6.45) is 0.380. The molecule has 3 fully saturated rings. The number of aryl methyl sites for hydroxylation is 2. The standard InChI is InChI=1S/C28H32F3N4OP.C17H15ClN4S.C11H20N2O2/c1-37(2)24-10-8-21(9-11-24)32-14-4-5-23-19-25-26(33-22-12-15-34(16-13-22)17-18-36)6-3-7-27(25)35(23)20-28(29,30)31;1-9-10(2)23-17-15(9)16(12-4-6-13(18)7-5-12)19-8-14-21-20-11(3)22(14)17;1-10(14)13-7-8-15-11(9-13)3-5-12(2)6-4-11/h3,6-11,18-19,22,32-33H,12-17,20H2,1-2H3;4-7H,8H2,1-3H3;3-9H2,1-2H3. The Balaban J connectivity index is 0.000000166. The molecule has 0 aliphatic carbocycles. The summed E-state index contributed by atoms with van der Waals surface area (Å²) in [5.74, 6) is 7.91. The molecule has 0 atom stereocenters. The van der Waals surface area contributed by atoms with E-state index in [1.54, 1.807) is 36.5 Å². The van der Waals surface area contributed by atoms with E-state index in [0.29, 0.717) is 37.5 Å². The van der Waals surface area contributed by atoms with Crippen molar-refractivity contribution in [2.45, 2.75) is 84.3 Å². The number of piperidine rings is 2. The van der Waals surface area contributed by atoms with Crippen molar-refractivity contribution in [2.24, 2.45) is 4.99 Å².